The van der Waals surface area contributed by atoms with Gasteiger partial charge in [0.05, 0.1) is 6.54 Å². The number of nitrogens with two attached hydrogens (primary N) is 2. The van der Waals surface area contributed by atoms with Gasteiger partial charge in [-0.25, -0.2) is 15.0 Å². The molecule has 0 heterocycles. The molecule has 0 saturated carbocycles. The molecule has 0 rings (SSSR count). The summed E-state index contributed by atoms with van der Waals surface area (Å²) in [5.74, 6) is 3.83. The summed E-state index contributed by atoms with van der Waals surface area (Å²) in [5, 5.41) is 9.12. The first kappa shape index (κ1) is 9.70. The van der Waals surface area contributed by atoms with E-state index in [1.807, 2.05) is 0 Å². The summed E-state index contributed by atoms with van der Waals surface area (Å²) in [4.78, 5) is 10.3. The molecule has 0 radical (unpaired) electrons. The van der Waals surface area contributed by atoms with E-state index in [9.17, 15) is 9.18 Å². The van der Waals surface area contributed by atoms with Crippen molar-refractivity contribution in [2.24, 2.45) is 11.6 Å². The number of alkyl halides is 1. The van der Waals surface area contributed by atoms with Crippen molar-refractivity contribution in [1.29, 1.82) is 0 Å². The predicted molar refractivity (Wildman–Crippen MR) is 36.8 cm³/mol. The maximum atomic E-state index is 11.6. The first-order valence-corrected chi connectivity index (χ1v) is 2.87. The second-order valence-corrected chi connectivity index (χ2v) is 1.74. The Morgan fingerprint density at radius 2 is 2.27 bits per heavy atom. The van der Waals surface area contributed by atoms with E-state index < -0.39 is 12.6 Å². The first-order chi connectivity index (χ1) is 5.13. The lowest BCUT2D eigenvalue weighted by molar-refractivity contribution is -0.134. The Balaban J connectivity index is 4.16. The monoisotopic (exact) mass is 163 g/mol. The number of rotatable bonds is 4. The number of halogens is 1. The Morgan fingerprint density at radius 3 is 2.55 bits per heavy atom. The van der Waals surface area contributed by atoms with Crippen molar-refractivity contribution in [3.8, 4) is 0 Å². The van der Waals surface area contributed by atoms with Crippen LogP contribution in [0.1, 0.15) is 0 Å². The highest BCUT2D eigenvalue weighted by Gasteiger charge is 2.11. The normalized spacial score (nSPS) is 11.3. The van der Waals surface area contributed by atoms with Crippen molar-refractivity contribution in [3.63, 3.8) is 0 Å². The molecule has 6 heteroatoms. The van der Waals surface area contributed by atoms with Crippen molar-refractivity contribution in [2.45, 2.75) is 0 Å². The molecular weight excluding hydrogens is 153 g/mol. The zero-order valence-electron chi connectivity index (χ0n) is 5.83. The second-order valence-electron chi connectivity index (χ2n) is 1.74. The second kappa shape index (κ2) is 4.51. The SMILES string of the molecule is N/C=C(/C(=O)O)N(N)CCF. The number of hydrogen-bond donors (Lipinski definition) is 3. The van der Waals surface area contributed by atoms with Crippen LogP contribution >= 0.6 is 0 Å². The fourth-order valence-corrected chi connectivity index (χ4v) is 0.501. The first-order valence-electron chi connectivity index (χ1n) is 2.87. The molecule has 0 aliphatic carbocycles. The topological polar surface area (TPSA) is 92.6 Å². The van der Waals surface area contributed by atoms with E-state index >= 15 is 0 Å². The summed E-state index contributed by atoms with van der Waals surface area (Å²) >= 11 is 0. The number of carboxylic acid groups (broad SMARTS) is 1. The maximum Gasteiger partial charge on any atom is 0.355 e. The highest BCUT2D eigenvalue weighted by atomic mass is 19.1. The molecule has 0 aliphatic rings. The van der Waals surface area contributed by atoms with Gasteiger partial charge in [-0.3, -0.25) is 0 Å². The highest BCUT2D eigenvalue weighted by Crippen LogP contribution is 1.95. The van der Waals surface area contributed by atoms with Crippen molar-refractivity contribution >= 4 is 5.97 Å². The van der Waals surface area contributed by atoms with Crippen LogP contribution in [0, 0.1) is 0 Å². The highest BCUT2D eigenvalue weighted by molar-refractivity contribution is 5.85. The van der Waals surface area contributed by atoms with E-state index in [2.05, 4.69) is 0 Å². The Morgan fingerprint density at radius 1 is 1.73 bits per heavy atom. The zero-order chi connectivity index (χ0) is 8.85. The quantitative estimate of drug-likeness (QED) is 0.281. The summed E-state index contributed by atoms with van der Waals surface area (Å²) in [6.45, 7) is -0.906. The Labute approximate surface area is 63.0 Å². The molecule has 11 heavy (non-hydrogen) atoms. The van der Waals surface area contributed by atoms with Gasteiger partial charge in [-0.05, 0) is 0 Å². The number of aliphatic carboxylic acids is 1. The van der Waals surface area contributed by atoms with Gasteiger partial charge in [0.15, 0.2) is 5.70 Å². The van der Waals surface area contributed by atoms with Crippen LogP contribution in [-0.2, 0) is 4.79 Å². The van der Waals surface area contributed by atoms with Crippen molar-refractivity contribution in [3.05, 3.63) is 11.9 Å². The minimum absolute atomic E-state index is 0.185. The van der Waals surface area contributed by atoms with E-state index in [4.69, 9.17) is 16.7 Å². The molecule has 5 N–H and O–H groups in total. The lowest BCUT2D eigenvalue weighted by Gasteiger charge is -2.15. The van der Waals surface area contributed by atoms with Gasteiger partial charge in [-0.15, -0.1) is 0 Å². The Bertz CT molecular complexity index is 171. The molecule has 0 aromatic carbocycles. The van der Waals surface area contributed by atoms with Gasteiger partial charge in [0.25, 0.3) is 0 Å². The summed E-state index contributed by atoms with van der Waals surface area (Å²) in [6.07, 6.45) is 0.817. The van der Waals surface area contributed by atoms with Crippen LogP contribution in [0.2, 0.25) is 0 Å². The predicted octanol–water partition coefficient (Wildman–Crippen LogP) is -0.984. The fourth-order valence-electron chi connectivity index (χ4n) is 0.501. The average molecular weight is 163 g/mol. The largest absolute Gasteiger partial charge is 0.476 e. The number of nitrogens with zero attached hydrogens (tertiary/aromatic N) is 1. The summed E-state index contributed by atoms with van der Waals surface area (Å²) in [7, 11) is 0. The third-order valence-corrected chi connectivity index (χ3v) is 1.01. The molecule has 0 aliphatic heterocycles. The zero-order valence-corrected chi connectivity index (χ0v) is 5.83. The number of hydrazine groups is 1. The van der Waals surface area contributed by atoms with Crippen molar-refractivity contribution < 1.29 is 14.3 Å². The number of carbonyl (C=O) groups is 1. The standard InChI is InChI=1S/C5H10FN3O2/c6-1-2-9(8)4(3-7)5(10)11/h3H,1-2,7-8H2,(H,10,11)/b4-3-. The van der Waals surface area contributed by atoms with Gasteiger partial charge in [-0.1, -0.05) is 0 Å². The summed E-state index contributed by atoms with van der Waals surface area (Å²) in [5.41, 5.74) is 4.60. The van der Waals surface area contributed by atoms with Crippen LogP contribution in [0.15, 0.2) is 11.9 Å². The third kappa shape index (κ3) is 2.85. The minimum atomic E-state index is -1.27. The molecule has 0 saturated heterocycles. The maximum absolute atomic E-state index is 11.6. The van der Waals surface area contributed by atoms with Crippen molar-refractivity contribution in [1.82, 2.24) is 5.01 Å². The number of carboxylic acids is 1. The van der Waals surface area contributed by atoms with Gasteiger partial charge in [0.1, 0.15) is 6.67 Å². The van der Waals surface area contributed by atoms with E-state index in [1.54, 1.807) is 0 Å². The number of hydrogen-bond acceptors (Lipinski definition) is 4. The van der Waals surface area contributed by atoms with E-state index in [0.717, 1.165) is 11.2 Å². The summed E-state index contributed by atoms with van der Waals surface area (Å²) in [6, 6.07) is 0. The smallest absolute Gasteiger partial charge is 0.355 e. The third-order valence-electron chi connectivity index (χ3n) is 1.01. The molecule has 0 fully saturated rings. The molecule has 0 atom stereocenters. The lowest BCUT2D eigenvalue weighted by atomic mass is 10.4. The molecule has 64 valence electrons. The molecule has 0 amide bonds. The average Bonchev–Trinajstić information content (AvgIpc) is 1.88. The fraction of sp³-hybridized carbons (Fsp3) is 0.400. The molecule has 0 bridgehead atoms. The van der Waals surface area contributed by atoms with Gasteiger partial charge in [-0.2, -0.15) is 0 Å². The van der Waals surface area contributed by atoms with Gasteiger partial charge in [0, 0.05) is 6.20 Å². The lowest BCUT2D eigenvalue weighted by Crippen LogP contribution is -2.36. The van der Waals surface area contributed by atoms with E-state index in [1.165, 1.54) is 0 Å². The molecule has 0 aromatic rings. The van der Waals surface area contributed by atoms with E-state index in [0.29, 0.717) is 0 Å². The van der Waals surface area contributed by atoms with E-state index in [-0.39, 0.29) is 12.2 Å². The molecule has 0 spiro atoms. The molecule has 0 unspecified atom stereocenters. The molecular formula is C5H10FN3O2. The molecule has 5 nitrogen and oxygen atoms in total. The van der Waals surface area contributed by atoms with Crippen molar-refractivity contribution in [2.75, 3.05) is 13.2 Å². The van der Waals surface area contributed by atoms with Crippen LogP contribution < -0.4 is 11.6 Å². The molecule has 0 aromatic heterocycles. The minimum Gasteiger partial charge on any atom is -0.476 e. The van der Waals surface area contributed by atoms with Gasteiger partial charge in [0.2, 0.25) is 0 Å². The van der Waals surface area contributed by atoms with Crippen LogP contribution in [0.5, 0.6) is 0 Å². The Hall–Kier alpha value is -1.30. The van der Waals surface area contributed by atoms with Crippen LogP contribution in [0.25, 0.3) is 0 Å². The Kier molecular flexibility index (Phi) is 3.97. The summed E-state index contributed by atoms with van der Waals surface area (Å²) < 4.78 is 11.6. The van der Waals surface area contributed by atoms with Gasteiger partial charge < -0.3 is 15.8 Å². The van der Waals surface area contributed by atoms with Crippen LogP contribution in [0.3, 0.4) is 0 Å². The van der Waals surface area contributed by atoms with Crippen LogP contribution in [0.4, 0.5) is 4.39 Å². The van der Waals surface area contributed by atoms with Crippen LogP contribution in [-0.4, -0.2) is 29.3 Å². The van der Waals surface area contributed by atoms with Gasteiger partial charge >= 0.3 is 5.97 Å².